The molecule has 1 aromatic heterocycles. The van der Waals surface area contributed by atoms with Crippen molar-refractivity contribution < 1.29 is 13.2 Å². The average molecular weight is 472 g/mol. The maximum Gasteiger partial charge on any atom is 0.244 e. The minimum absolute atomic E-state index is 0.0969. The van der Waals surface area contributed by atoms with Crippen LogP contribution in [0.4, 0.5) is 11.5 Å². The molecule has 0 radical (unpaired) electrons. The number of benzene rings is 1. The van der Waals surface area contributed by atoms with Crippen LogP contribution in [0, 0.1) is 6.92 Å². The number of aromatic nitrogens is 2. The highest BCUT2D eigenvalue weighted by Crippen LogP contribution is 2.31. The Kier molecular flexibility index (Phi) is 6.36. The van der Waals surface area contributed by atoms with Gasteiger partial charge < -0.3 is 14.5 Å². The molecule has 2 fully saturated rings. The van der Waals surface area contributed by atoms with Crippen LogP contribution < -0.4 is 9.80 Å². The molecule has 11 heteroatoms. The third-order valence-electron chi connectivity index (χ3n) is 5.40. The number of halogens is 2. The van der Waals surface area contributed by atoms with Gasteiger partial charge in [0.25, 0.3) is 0 Å². The zero-order valence-corrected chi connectivity index (χ0v) is 18.9. The van der Waals surface area contributed by atoms with Gasteiger partial charge in [-0.2, -0.15) is 9.40 Å². The number of hydrogen-bond acceptors (Lipinski definition) is 7. The molecule has 0 bridgehead atoms. The molecule has 0 spiro atoms. The van der Waals surface area contributed by atoms with E-state index in [4.69, 9.17) is 27.9 Å². The van der Waals surface area contributed by atoms with Crippen LogP contribution in [-0.2, 0) is 14.8 Å². The predicted molar refractivity (Wildman–Crippen MR) is 117 cm³/mol. The van der Waals surface area contributed by atoms with Crippen molar-refractivity contribution in [1.82, 2.24) is 14.5 Å². The van der Waals surface area contributed by atoms with Gasteiger partial charge in [-0.05, 0) is 24.6 Å². The quantitative estimate of drug-likeness (QED) is 0.677. The molecule has 2 aliphatic heterocycles. The van der Waals surface area contributed by atoms with Crippen molar-refractivity contribution in [3.63, 3.8) is 0 Å². The molecule has 0 amide bonds. The molecule has 0 aliphatic carbocycles. The van der Waals surface area contributed by atoms with Crippen LogP contribution in [0.1, 0.15) is 5.56 Å². The van der Waals surface area contributed by atoms with Gasteiger partial charge in [-0.3, -0.25) is 0 Å². The van der Waals surface area contributed by atoms with Gasteiger partial charge in [-0.15, -0.1) is 5.10 Å². The molecule has 2 saturated heterocycles. The van der Waals surface area contributed by atoms with Gasteiger partial charge in [0.05, 0.1) is 30.1 Å². The molecular formula is C19H23Cl2N5O3S. The smallest absolute Gasteiger partial charge is 0.244 e. The van der Waals surface area contributed by atoms with Crippen molar-refractivity contribution in [3.05, 3.63) is 40.0 Å². The van der Waals surface area contributed by atoms with E-state index in [0.717, 1.165) is 24.6 Å². The first-order valence-electron chi connectivity index (χ1n) is 9.72. The number of anilines is 2. The van der Waals surface area contributed by atoms with Crippen LogP contribution >= 0.6 is 23.2 Å². The van der Waals surface area contributed by atoms with Gasteiger partial charge in [0, 0.05) is 50.4 Å². The largest absolute Gasteiger partial charge is 0.378 e. The number of rotatable bonds is 4. The van der Waals surface area contributed by atoms with Gasteiger partial charge in [0.2, 0.25) is 10.0 Å². The van der Waals surface area contributed by atoms with Gasteiger partial charge >= 0.3 is 0 Å². The lowest BCUT2D eigenvalue weighted by Crippen LogP contribution is -2.48. The number of hydrogen-bond donors (Lipinski definition) is 0. The van der Waals surface area contributed by atoms with Crippen LogP contribution in [-0.4, -0.2) is 75.4 Å². The minimum atomic E-state index is -3.70. The zero-order chi connectivity index (χ0) is 21.3. The van der Waals surface area contributed by atoms with Crippen LogP contribution in [0.25, 0.3) is 0 Å². The third-order valence-corrected chi connectivity index (χ3v) is 8.17. The zero-order valence-electron chi connectivity index (χ0n) is 16.6. The summed E-state index contributed by atoms with van der Waals surface area (Å²) in [7, 11) is -3.70. The van der Waals surface area contributed by atoms with Crippen molar-refractivity contribution in [3.8, 4) is 0 Å². The van der Waals surface area contributed by atoms with Crippen molar-refractivity contribution >= 4 is 44.7 Å². The summed E-state index contributed by atoms with van der Waals surface area (Å²) < 4.78 is 33.1. The van der Waals surface area contributed by atoms with Crippen LogP contribution in [0.15, 0.2) is 29.3 Å². The second-order valence-electron chi connectivity index (χ2n) is 7.29. The van der Waals surface area contributed by atoms with Crippen LogP contribution in [0.3, 0.4) is 0 Å². The summed E-state index contributed by atoms with van der Waals surface area (Å²) in [6.45, 7) is 6.50. The van der Waals surface area contributed by atoms with E-state index in [2.05, 4.69) is 20.0 Å². The lowest BCUT2D eigenvalue weighted by Gasteiger charge is -2.36. The third kappa shape index (κ3) is 4.36. The summed E-state index contributed by atoms with van der Waals surface area (Å²) in [5.41, 5.74) is 1.61. The summed E-state index contributed by atoms with van der Waals surface area (Å²) in [5, 5.41) is 8.97. The number of aryl methyl sites for hydroxylation is 1. The molecule has 0 N–H and O–H groups in total. The molecule has 2 aromatic rings. The second kappa shape index (κ2) is 8.84. The number of sulfonamides is 1. The molecule has 3 heterocycles. The fourth-order valence-corrected chi connectivity index (χ4v) is 5.85. The Hall–Kier alpha value is -1.65. The first-order valence-corrected chi connectivity index (χ1v) is 11.9. The molecule has 2 aliphatic rings. The molecule has 1 aromatic carbocycles. The van der Waals surface area contributed by atoms with Gasteiger partial charge in [-0.1, -0.05) is 23.2 Å². The van der Waals surface area contributed by atoms with Gasteiger partial charge in [0.1, 0.15) is 4.90 Å². The Bertz CT molecular complexity index is 1020. The SMILES string of the molecule is Cc1cc(S(=O)(=O)N2CCN(c3cnnc(N4CCOCC4)c3)CC2)c(Cl)cc1Cl. The molecule has 4 rings (SSSR count). The Morgan fingerprint density at radius 1 is 0.933 bits per heavy atom. The van der Waals surface area contributed by atoms with Crippen molar-refractivity contribution in [2.24, 2.45) is 0 Å². The maximum atomic E-state index is 13.1. The minimum Gasteiger partial charge on any atom is -0.378 e. The van der Waals surface area contributed by atoms with E-state index in [1.165, 1.54) is 16.4 Å². The molecule has 0 saturated carbocycles. The number of nitrogens with zero attached hydrogens (tertiary/aromatic N) is 5. The lowest BCUT2D eigenvalue weighted by atomic mass is 10.2. The van der Waals surface area contributed by atoms with E-state index in [-0.39, 0.29) is 9.92 Å². The first kappa shape index (κ1) is 21.6. The van der Waals surface area contributed by atoms with E-state index < -0.39 is 10.0 Å². The Balaban J connectivity index is 1.47. The second-order valence-corrected chi connectivity index (χ2v) is 10.0. The molecule has 0 unspecified atom stereocenters. The summed E-state index contributed by atoms with van der Waals surface area (Å²) in [6, 6.07) is 5.02. The van der Waals surface area contributed by atoms with E-state index >= 15 is 0 Å². The Morgan fingerprint density at radius 3 is 2.33 bits per heavy atom. The topological polar surface area (TPSA) is 78.9 Å². The molecule has 30 heavy (non-hydrogen) atoms. The fraction of sp³-hybridized carbons (Fsp3) is 0.474. The van der Waals surface area contributed by atoms with Crippen LogP contribution in [0.2, 0.25) is 10.0 Å². The molecule has 0 atom stereocenters. The number of piperazine rings is 1. The van der Waals surface area contributed by atoms with Gasteiger partial charge in [0.15, 0.2) is 5.82 Å². The summed E-state index contributed by atoms with van der Waals surface area (Å²) in [6.07, 6.45) is 1.72. The summed E-state index contributed by atoms with van der Waals surface area (Å²) in [5.74, 6) is 0.814. The van der Waals surface area contributed by atoms with Gasteiger partial charge in [-0.25, -0.2) is 8.42 Å². The van der Waals surface area contributed by atoms with Crippen molar-refractivity contribution in [2.75, 3.05) is 62.3 Å². The maximum absolute atomic E-state index is 13.1. The fourth-order valence-electron chi connectivity index (χ4n) is 3.62. The summed E-state index contributed by atoms with van der Waals surface area (Å²) in [4.78, 5) is 4.37. The molecular weight excluding hydrogens is 449 g/mol. The highest BCUT2D eigenvalue weighted by molar-refractivity contribution is 7.89. The average Bonchev–Trinajstić information content (AvgIpc) is 2.77. The highest BCUT2D eigenvalue weighted by Gasteiger charge is 2.31. The summed E-state index contributed by atoms with van der Waals surface area (Å²) >= 11 is 12.2. The van der Waals surface area contributed by atoms with E-state index in [1.54, 1.807) is 13.1 Å². The number of ether oxygens (including phenoxy) is 1. The number of morpholine rings is 1. The Morgan fingerprint density at radius 2 is 1.63 bits per heavy atom. The molecule has 162 valence electrons. The van der Waals surface area contributed by atoms with E-state index in [1.807, 2.05) is 6.07 Å². The van der Waals surface area contributed by atoms with Crippen LogP contribution in [0.5, 0.6) is 0 Å². The molecule has 8 nitrogen and oxygen atoms in total. The Labute approximate surface area is 186 Å². The first-order chi connectivity index (χ1) is 14.4. The highest BCUT2D eigenvalue weighted by atomic mass is 35.5. The standard InChI is InChI=1S/C19H23Cl2N5O3S/c1-14-10-18(17(21)12-16(14)20)30(27,28)26-4-2-24(3-5-26)15-11-19(23-22-13-15)25-6-8-29-9-7-25/h10-13H,2-9H2,1H3. The monoisotopic (exact) mass is 471 g/mol. The van der Waals surface area contributed by atoms with E-state index in [0.29, 0.717) is 50.0 Å². The predicted octanol–water partition coefficient (Wildman–Crippen LogP) is 2.44. The van der Waals surface area contributed by atoms with Crippen molar-refractivity contribution in [2.45, 2.75) is 11.8 Å². The van der Waals surface area contributed by atoms with Crippen molar-refractivity contribution in [1.29, 1.82) is 0 Å². The lowest BCUT2D eigenvalue weighted by molar-refractivity contribution is 0.122. The van der Waals surface area contributed by atoms with E-state index in [9.17, 15) is 8.42 Å². The normalized spacial score (nSPS) is 18.6.